The van der Waals surface area contributed by atoms with Gasteiger partial charge < -0.3 is 0 Å². The minimum Gasteiger partial charge on any atom is -0.252 e. The quantitative estimate of drug-likeness (QED) is 0.140. The van der Waals surface area contributed by atoms with Crippen LogP contribution < -0.4 is 0 Å². The highest BCUT2D eigenvalue weighted by Gasteiger charge is 2.30. The van der Waals surface area contributed by atoms with Crippen LogP contribution in [0.4, 0.5) is 17.6 Å². The fourth-order valence-electron chi connectivity index (χ4n) is 5.42. The molecule has 2 aromatic carbocycles. The zero-order chi connectivity index (χ0) is 31.9. The van der Waals surface area contributed by atoms with E-state index in [1.54, 1.807) is 12.1 Å². The molecule has 0 bridgehead atoms. The second-order valence-electron chi connectivity index (χ2n) is 11.5. The van der Waals surface area contributed by atoms with Gasteiger partial charge in [0.25, 0.3) is 0 Å². The van der Waals surface area contributed by atoms with Crippen molar-refractivity contribution in [2.24, 2.45) is 0 Å². The topological polar surface area (TPSA) is 51.6 Å². The van der Waals surface area contributed by atoms with E-state index in [1.165, 1.54) is 12.1 Å². The molecule has 0 radical (unpaired) electrons. The molecule has 4 nitrogen and oxygen atoms in total. The van der Waals surface area contributed by atoms with Crippen molar-refractivity contribution in [3.05, 3.63) is 143 Å². The molecule has 0 amide bonds. The molecule has 45 heavy (non-hydrogen) atoms. The molecule has 0 aliphatic rings. The van der Waals surface area contributed by atoms with E-state index in [0.717, 1.165) is 45.5 Å². The van der Waals surface area contributed by atoms with Crippen molar-refractivity contribution < 1.29 is 17.6 Å². The van der Waals surface area contributed by atoms with Crippen molar-refractivity contribution in [3.8, 4) is 44.8 Å². The molecule has 0 N–H and O–H groups in total. The van der Waals surface area contributed by atoms with E-state index >= 15 is 8.78 Å². The van der Waals surface area contributed by atoms with Crippen LogP contribution in [0.5, 0.6) is 0 Å². The van der Waals surface area contributed by atoms with Crippen molar-refractivity contribution in [1.82, 2.24) is 19.9 Å². The SMILES string of the molecule is Cc1ccccc1-c1cc(-c2ccc(F)nc2F)nc(C(C)(C)c2cc(-c3ccccc3C)cc(-c3ccc(F)nc3F)n2)c1. The predicted molar refractivity (Wildman–Crippen MR) is 167 cm³/mol. The molecule has 6 rings (SSSR count). The van der Waals surface area contributed by atoms with Crippen LogP contribution in [-0.2, 0) is 5.41 Å². The van der Waals surface area contributed by atoms with E-state index in [-0.39, 0.29) is 22.5 Å². The third-order valence-corrected chi connectivity index (χ3v) is 8.02. The first kappa shape index (κ1) is 29.8. The first-order valence-corrected chi connectivity index (χ1v) is 14.3. The number of hydrogen-bond acceptors (Lipinski definition) is 4. The Morgan fingerprint density at radius 2 is 0.867 bits per heavy atom. The lowest BCUT2D eigenvalue weighted by atomic mass is 9.81. The van der Waals surface area contributed by atoms with Crippen LogP contribution in [0.25, 0.3) is 44.8 Å². The minimum atomic E-state index is -0.977. The summed E-state index contributed by atoms with van der Waals surface area (Å²) < 4.78 is 57.5. The maximum atomic E-state index is 15.0. The highest BCUT2D eigenvalue weighted by molar-refractivity contribution is 5.75. The van der Waals surface area contributed by atoms with Gasteiger partial charge >= 0.3 is 0 Å². The van der Waals surface area contributed by atoms with Gasteiger partial charge in [-0.2, -0.15) is 27.5 Å². The van der Waals surface area contributed by atoms with Crippen LogP contribution in [0, 0.1) is 37.6 Å². The fourth-order valence-corrected chi connectivity index (χ4v) is 5.42. The summed E-state index contributed by atoms with van der Waals surface area (Å²) >= 11 is 0. The third-order valence-electron chi connectivity index (χ3n) is 8.02. The van der Waals surface area contributed by atoms with E-state index < -0.39 is 29.2 Å². The smallest absolute Gasteiger partial charge is 0.224 e. The van der Waals surface area contributed by atoms with Gasteiger partial charge in [0.1, 0.15) is 0 Å². The summed E-state index contributed by atoms with van der Waals surface area (Å²) in [5, 5.41) is 0. The number of hydrogen-bond donors (Lipinski definition) is 0. The number of pyridine rings is 4. The molecule has 4 heterocycles. The Hall–Kier alpha value is -5.24. The van der Waals surface area contributed by atoms with E-state index in [1.807, 2.05) is 88.4 Å². The Balaban J connectivity index is 1.60. The molecule has 8 heteroatoms. The largest absolute Gasteiger partial charge is 0.252 e. The molecule has 6 aromatic rings. The predicted octanol–water partition coefficient (Wildman–Crippen LogP) is 9.43. The molecule has 0 saturated carbocycles. The zero-order valence-corrected chi connectivity index (χ0v) is 25.0. The van der Waals surface area contributed by atoms with Gasteiger partial charge in [-0.25, -0.2) is 0 Å². The second-order valence-corrected chi connectivity index (χ2v) is 11.5. The standard InChI is InChI=1S/C37H28F4N4/c1-21-9-5-7-11-25(21)23-17-29(27-13-15-33(38)44-35(27)40)42-31(19-23)37(3,4)32-20-24(26-12-8-6-10-22(26)2)18-30(43-32)28-14-16-34(39)45-36(28)41/h5-20H,1-4H3. The lowest BCUT2D eigenvalue weighted by Crippen LogP contribution is -2.23. The Bertz CT molecular complexity index is 1930. The van der Waals surface area contributed by atoms with Crippen LogP contribution in [0.3, 0.4) is 0 Å². The third kappa shape index (κ3) is 5.83. The normalized spacial score (nSPS) is 11.6. The lowest BCUT2D eigenvalue weighted by Gasteiger charge is -2.27. The molecular formula is C37H28F4N4. The summed E-state index contributed by atoms with van der Waals surface area (Å²) in [6.45, 7) is 7.80. The van der Waals surface area contributed by atoms with Crippen molar-refractivity contribution >= 4 is 0 Å². The monoisotopic (exact) mass is 604 g/mol. The summed E-state index contributed by atoms with van der Waals surface area (Å²) in [7, 11) is 0. The van der Waals surface area contributed by atoms with Gasteiger partial charge in [0.2, 0.25) is 23.8 Å². The van der Waals surface area contributed by atoms with Crippen LogP contribution in [0.15, 0.2) is 97.1 Å². The molecular weight excluding hydrogens is 576 g/mol. The van der Waals surface area contributed by atoms with Crippen LogP contribution in [0.1, 0.15) is 36.4 Å². The molecule has 0 aliphatic heterocycles. The van der Waals surface area contributed by atoms with Crippen molar-refractivity contribution in [3.63, 3.8) is 0 Å². The number of halogens is 4. The van der Waals surface area contributed by atoms with E-state index in [4.69, 9.17) is 9.97 Å². The molecule has 224 valence electrons. The van der Waals surface area contributed by atoms with Crippen molar-refractivity contribution in [2.45, 2.75) is 33.1 Å². The first-order chi connectivity index (χ1) is 21.5. The average molecular weight is 605 g/mol. The Labute approximate surface area is 258 Å². The lowest BCUT2D eigenvalue weighted by molar-refractivity contribution is 0.514. The molecule has 0 fully saturated rings. The van der Waals surface area contributed by atoms with Gasteiger partial charge in [0, 0.05) is 5.41 Å². The average Bonchev–Trinajstić information content (AvgIpc) is 3.01. The summed E-state index contributed by atoms with van der Waals surface area (Å²) in [5.74, 6) is -3.82. The summed E-state index contributed by atoms with van der Waals surface area (Å²) in [6, 6.07) is 27.7. The van der Waals surface area contributed by atoms with Crippen LogP contribution >= 0.6 is 0 Å². The Morgan fingerprint density at radius 3 is 1.24 bits per heavy atom. The molecule has 0 spiro atoms. The van der Waals surface area contributed by atoms with Crippen molar-refractivity contribution in [1.29, 1.82) is 0 Å². The van der Waals surface area contributed by atoms with Crippen LogP contribution in [0.2, 0.25) is 0 Å². The highest BCUT2D eigenvalue weighted by Crippen LogP contribution is 2.39. The van der Waals surface area contributed by atoms with E-state index in [0.29, 0.717) is 11.4 Å². The molecule has 0 atom stereocenters. The van der Waals surface area contributed by atoms with E-state index in [9.17, 15) is 8.78 Å². The number of aromatic nitrogens is 4. The number of rotatable bonds is 6. The fraction of sp³-hybridized carbons (Fsp3) is 0.135. The molecule has 4 aromatic heterocycles. The van der Waals surface area contributed by atoms with Gasteiger partial charge in [0.05, 0.1) is 33.9 Å². The summed E-state index contributed by atoms with van der Waals surface area (Å²) in [5.41, 5.74) is 6.16. The van der Waals surface area contributed by atoms with Crippen molar-refractivity contribution in [2.75, 3.05) is 0 Å². The number of aryl methyl sites for hydroxylation is 2. The number of benzene rings is 2. The first-order valence-electron chi connectivity index (χ1n) is 14.3. The van der Waals surface area contributed by atoms with E-state index in [2.05, 4.69) is 9.97 Å². The maximum absolute atomic E-state index is 15.0. The number of nitrogens with zero attached hydrogens (tertiary/aromatic N) is 4. The summed E-state index contributed by atoms with van der Waals surface area (Å²) in [4.78, 5) is 16.5. The van der Waals surface area contributed by atoms with Gasteiger partial charge in [-0.1, -0.05) is 48.5 Å². The van der Waals surface area contributed by atoms with Gasteiger partial charge in [-0.15, -0.1) is 0 Å². The van der Waals surface area contributed by atoms with Crippen LogP contribution in [-0.4, -0.2) is 19.9 Å². The minimum absolute atomic E-state index is 0.0469. The second kappa shape index (κ2) is 11.7. The van der Waals surface area contributed by atoms with Gasteiger partial charge in [-0.3, -0.25) is 9.97 Å². The highest BCUT2D eigenvalue weighted by atomic mass is 19.1. The van der Waals surface area contributed by atoms with Gasteiger partial charge in [0.15, 0.2) is 0 Å². The molecule has 0 aliphatic carbocycles. The summed E-state index contributed by atoms with van der Waals surface area (Å²) in [6.07, 6.45) is 0. The molecule has 0 saturated heterocycles. The molecule has 0 unspecified atom stereocenters. The zero-order valence-electron chi connectivity index (χ0n) is 25.0. The maximum Gasteiger partial charge on any atom is 0.224 e. The Morgan fingerprint density at radius 1 is 0.467 bits per heavy atom. The Kier molecular flexibility index (Phi) is 7.74. The van der Waals surface area contributed by atoms with Gasteiger partial charge in [-0.05, 0) is 110 Å².